The molecule has 5 heteroatoms. The molecule has 4 nitrogen and oxygen atoms in total. The molecule has 0 aliphatic carbocycles. The maximum Gasteiger partial charge on any atom is 0.223 e. The van der Waals surface area contributed by atoms with Crippen molar-refractivity contribution in [3.05, 3.63) is 12.2 Å². The number of likely N-dealkylation sites (N-methyl/N-ethyl adjacent to an activating group) is 1. The Morgan fingerprint density at radius 3 is 2.29 bits per heavy atom. The fourth-order valence-electron chi connectivity index (χ4n) is 3.22. The molecular formula is C23H44ClNO3. The van der Waals surface area contributed by atoms with Crippen molar-refractivity contribution in [2.24, 2.45) is 0 Å². The van der Waals surface area contributed by atoms with E-state index in [0.29, 0.717) is 18.4 Å². The van der Waals surface area contributed by atoms with E-state index < -0.39 is 0 Å². The topological polar surface area (TPSA) is 49.8 Å². The third-order valence-electron chi connectivity index (χ3n) is 5.21. The zero-order valence-corrected chi connectivity index (χ0v) is 19.3. The van der Waals surface area contributed by atoms with Crippen LogP contribution in [0.5, 0.6) is 0 Å². The highest BCUT2D eigenvalue weighted by Crippen LogP contribution is 2.17. The first kappa shape index (κ1) is 27.4. The van der Waals surface area contributed by atoms with Crippen molar-refractivity contribution in [1.82, 2.24) is 4.90 Å². The Bertz CT molecular complexity index is 390. The summed E-state index contributed by atoms with van der Waals surface area (Å²) in [6.07, 6.45) is 19.1. The van der Waals surface area contributed by atoms with E-state index >= 15 is 0 Å². The largest absolute Gasteiger partial charge is 0.394 e. The van der Waals surface area contributed by atoms with Crippen LogP contribution in [-0.4, -0.2) is 54.7 Å². The van der Waals surface area contributed by atoms with Crippen LogP contribution in [-0.2, 0) is 9.53 Å². The predicted octanol–water partition coefficient (Wildman–Crippen LogP) is 5.71. The summed E-state index contributed by atoms with van der Waals surface area (Å²) in [6, 6.07) is -0.263. The van der Waals surface area contributed by atoms with Crippen LogP contribution in [0, 0.1) is 0 Å². The van der Waals surface area contributed by atoms with Gasteiger partial charge in [-0.2, -0.15) is 0 Å². The van der Waals surface area contributed by atoms with Crippen molar-refractivity contribution in [2.45, 2.75) is 102 Å². The lowest BCUT2D eigenvalue weighted by Crippen LogP contribution is -2.42. The number of carbonyl (C=O) groups excluding carboxylic acids is 1. The number of hydrogen-bond donors (Lipinski definition) is 1. The Hall–Kier alpha value is -0.580. The van der Waals surface area contributed by atoms with E-state index in [1.165, 1.54) is 44.9 Å². The summed E-state index contributed by atoms with van der Waals surface area (Å²) in [4.78, 5) is 13.7. The standard InChI is InChI=1S/C23H44ClNO3/c1-4-5-6-7-10-13-16-21(24)17-14-11-8-9-12-15-18-23(27)25(2)22(19-26)20-28-3/h9,12,21-22,26H,4-8,10-11,13-20H2,1-3H3/b12-9+/t21-,22-/m1/s1. The number of halogens is 1. The number of unbranched alkanes of at least 4 members (excludes halogenated alkanes) is 7. The first-order valence-electron chi connectivity index (χ1n) is 11.2. The molecule has 0 heterocycles. The van der Waals surface area contributed by atoms with E-state index in [1.54, 1.807) is 19.1 Å². The van der Waals surface area contributed by atoms with Crippen LogP contribution in [0.2, 0.25) is 0 Å². The van der Waals surface area contributed by atoms with E-state index in [1.807, 2.05) is 0 Å². The number of alkyl halides is 1. The van der Waals surface area contributed by atoms with Gasteiger partial charge in [-0.15, -0.1) is 11.6 Å². The maximum atomic E-state index is 12.1. The first-order chi connectivity index (χ1) is 13.6. The summed E-state index contributed by atoms with van der Waals surface area (Å²) in [5, 5.41) is 9.63. The van der Waals surface area contributed by atoms with Crippen molar-refractivity contribution in [1.29, 1.82) is 0 Å². The third-order valence-corrected chi connectivity index (χ3v) is 5.65. The average molecular weight is 418 g/mol. The fraction of sp³-hybridized carbons (Fsp3) is 0.870. The second-order valence-corrected chi connectivity index (χ2v) is 8.36. The first-order valence-corrected chi connectivity index (χ1v) is 11.6. The molecule has 0 aliphatic heterocycles. The highest BCUT2D eigenvalue weighted by Gasteiger charge is 2.18. The Labute approximate surface area is 178 Å². The monoisotopic (exact) mass is 417 g/mol. The molecule has 0 aromatic carbocycles. The normalized spacial score (nSPS) is 13.8. The van der Waals surface area contributed by atoms with Gasteiger partial charge in [0.2, 0.25) is 5.91 Å². The zero-order valence-electron chi connectivity index (χ0n) is 18.5. The fourth-order valence-corrected chi connectivity index (χ4v) is 3.53. The Balaban J connectivity index is 3.63. The summed E-state index contributed by atoms with van der Waals surface area (Å²) in [6.45, 7) is 2.53. The molecule has 1 amide bonds. The van der Waals surface area contributed by atoms with Crippen molar-refractivity contribution in [3.63, 3.8) is 0 Å². The van der Waals surface area contributed by atoms with Crippen LogP contribution >= 0.6 is 11.6 Å². The minimum absolute atomic E-state index is 0.0421. The Kier molecular flexibility index (Phi) is 19.3. The quantitative estimate of drug-likeness (QED) is 0.166. The SMILES string of the molecule is CCCCCCCC[C@@H](Cl)CCCC/C=C/CCC(=O)N(C)[C@H](CO)COC. The summed E-state index contributed by atoms with van der Waals surface area (Å²) in [5.41, 5.74) is 0. The number of aliphatic hydroxyl groups excluding tert-OH is 1. The molecule has 0 rings (SSSR count). The van der Waals surface area contributed by atoms with E-state index in [0.717, 1.165) is 32.1 Å². The Morgan fingerprint density at radius 2 is 1.64 bits per heavy atom. The van der Waals surface area contributed by atoms with E-state index in [4.69, 9.17) is 16.3 Å². The lowest BCUT2D eigenvalue weighted by molar-refractivity contribution is -0.133. The number of amides is 1. The molecule has 166 valence electrons. The van der Waals surface area contributed by atoms with Crippen LogP contribution in [0.15, 0.2) is 12.2 Å². The van der Waals surface area contributed by atoms with Gasteiger partial charge in [-0.25, -0.2) is 0 Å². The number of ether oxygens (including phenoxy) is 1. The van der Waals surface area contributed by atoms with Crippen LogP contribution in [0.25, 0.3) is 0 Å². The van der Waals surface area contributed by atoms with Gasteiger partial charge in [-0.3, -0.25) is 4.79 Å². The zero-order chi connectivity index (χ0) is 21.0. The van der Waals surface area contributed by atoms with Crippen LogP contribution in [0.3, 0.4) is 0 Å². The van der Waals surface area contributed by atoms with Crippen LogP contribution < -0.4 is 0 Å². The molecule has 0 aromatic heterocycles. The van der Waals surface area contributed by atoms with Gasteiger partial charge in [0.15, 0.2) is 0 Å². The van der Waals surface area contributed by atoms with Gasteiger partial charge in [-0.1, -0.05) is 64.0 Å². The van der Waals surface area contributed by atoms with Gasteiger partial charge < -0.3 is 14.7 Å². The van der Waals surface area contributed by atoms with Crippen molar-refractivity contribution < 1.29 is 14.6 Å². The van der Waals surface area contributed by atoms with E-state index in [2.05, 4.69) is 19.1 Å². The number of carbonyl (C=O) groups is 1. The Morgan fingerprint density at radius 1 is 1.04 bits per heavy atom. The second-order valence-electron chi connectivity index (χ2n) is 7.74. The van der Waals surface area contributed by atoms with Gasteiger partial charge in [0.25, 0.3) is 0 Å². The second kappa shape index (κ2) is 19.7. The van der Waals surface area contributed by atoms with Crippen LogP contribution in [0.4, 0.5) is 0 Å². The number of hydrogen-bond acceptors (Lipinski definition) is 3. The van der Waals surface area contributed by atoms with E-state index in [9.17, 15) is 9.90 Å². The molecule has 2 atom stereocenters. The summed E-state index contributed by atoms with van der Waals surface area (Å²) >= 11 is 6.42. The molecule has 0 bridgehead atoms. The lowest BCUT2D eigenvalue weighted by Gasteiger charge is -2.25. The molecule has 0 aromatic rings. The molecule has 1 N–H and O–H groups in total. The predicted molar refractivity (Wildman–Crippen MR) is 120 cm³/mol. The molecular weight excluding hydrogens is 374 g/mol. The third kappa shape index (κ3) is 15.4. The molecule has 0 fully saturated rings. The van der Waals surface area contributed by atoms with Gasteiger partial charge in [0.05, 0.1) is 19.3 Å². The molecule has 0 radical (unpaired) electrons. The summed E-state index contributed by atoms with van der Waals surface area (Å²) < 4.78 is 5.03. The minimum Gasteiger partial charge on any atom is -0.394 e. The van der Waals surface area contributed by atoms with Crippen molar-refractivity contribution >= 4 is 17.5 Å². The molecule has 28 heavy (non-hydrogen) atoms. The van der Waals surface area contributed by atoms with Crippen LogP contribution in [0.1, 0.15) is 90.4 Å². The molecule has 0 saturated heterocycles. The number of allylic oxidation sites excluding steroid dienone is 2. The highest BCUT2D eigenvalue weighted by atomic mass is 35.5. The molecule has 0 aliphatic rings. The van der Waals surface area contributed by atoms with Crippen molar-refractivity contribution in [3.8, 4) is 0 Å². The van der Waals surface area contributed by atoms with Crippen molar-refractivity contribution in [2.75, 3.05) is 27.4 Å². The summed E-state index contributed by atoms with van der Waals surface area (Å²) in [5.74, 6) is 0.0421. The highest BCUT2D eigenvalue weighted by molar-refractivity contribution is 6.20. The van der Waals surface area contributed by atoms with Gasteiger partial charge in [-0.05, 0) is 32.1 Å². The maximum absolute atomic E-state index is 12.1. The smallest absolute Gasteiger partial charge is 0.223 e. The lowest BCUT2D eigenvalue weighted by atomic mass is 10.0. The van der Waals surface area contributed by atoms with E-state index in [-0.39, 0.29) is 18.6 Å². The molecule has 0 spiro atoms. The summed E-state index contributed by atoms with van der Waals surface area (Å²) in [7, 11) is 3.30. The molecule has 0 unspecified atom stereocenters. The van der Waals surface area contributed by atoms with Gasteiger partial charge in [0, 0.05) is 26.0 Å². The minimum atomic E-state index is -0.263. The number of methoxy groups -OCH3 is 1. The van der Waals surface area contributed by atoms with Gasteiger partial charge >= 0.3 is 0 Å². The number of rotatable bonds is 19. The number of nitrogens with zero attached hydrogens (tertiary/aromatic N) is 1. The number of aliphatic hydroxyl groups is 1. The average Bonchev–Trinajstić information content (AvgIpc) is 2.69. The van der Waals surface area contributed by atoms with Gasteiger partial charge in [0.1, 0.15) is 0 Å². The molecule has 0 saturated carbocycles.